The third-order valence-electron chi connectivity index (χ3n) is 2.77. The second kappa shape index (κ2) is 6.02. The van der Waals surface area contributed by atoms with Crippen LogP contribution in [0, 0.1) is 5.92 Å². The van der Waals surface area contributed by atoms with Crippen LogP contribution in [0.4, 0.5) is 18.9 Å². The molecule has 1 aromatic rings. The van der Waals surface area contributed by atoms with Crippen LogP contribution in [-0.2, 0) is 6.18 Å². The summed E-state index contributed by atoms with van der Waals surface area (Å²) in [5.41, 5.74) is 4.47. The molecule has 7 heteroatoms. The second-order valence-electron chi connectivity index (χ2n) is 4.99. The van der Waals surface area contributed by atoms with Gasteiger partial charge in [-0.2, -0.15) is 13.2 Å². The third-order valence-corrected chi connectivity index (χ3v) is 2.77. The summed E-state index contributed by atoms with van der Waals surface area (Å²) in [7, 11) is 1.72. The SMILES string of the molecule is CC(C)CN(C)c1ccc(/C(N)=N/O)c(C(F)(F)F)c1. The van der Waals surface area contributed by atoms with Crippen molar-refractivity contribution in [1.29, 1.82) is 0 Å². The Hall–Kier alpha value is -1.92. The normalized spacial score (nSPS) is 12.8. The minimum absolute atomic E-state index is 0.318. The molecule has 0 spiro atoms. The highest BCUT2D eigenvalue weighted by molar-refractivity contribution is 5.99. The van der Waals surface area contributed by atoms with Gasteiger partial charge >= 0.3 is 6.18 Å². The molecule has 1 aromatic carbocycles. The number of nitrogens with zero attached hydrogens (tertiary/aromatic N) is 2. The molecule has 0 aliphatic heterocycles. The van der Waals surface area contributed by atoms with Gasteiger partial charge in [0.2, 0.25) is 0 Å². The fraction of sp³-hybridized carbons (Fsp3) is 0.462. The number of hydrogen-bond acceptors (Lipinski definition) is 3. The van der Waals surface area contributed by atoms with Crippen LogP contribution in [-0.4, -0.2) is 24.6 Å². The van der Waals surface area contributed by atoms with Crippen molar-refractivity contribution in [2.24, 2.45) is 16.8 Å². The Morgan fingerprint density at radius 2 is 2.00 bits per heavy atom. The van der Waals surface area contributed by atoms with Crippen LogP contribution in [0.2, 0.25) is 0 Å². The Kier molecular flexibility index (Phi) is 4.86. The van der Waals surface area contributed by atoms with Crippen molar-refractivity contribution >= 4 is 11.5 Å². The van der Waals surface area contributed by atoms with Crippen LogP contribution < -0.4 is 10.6 Å². The largest absolute Gasteiger partial charge is 0.417 e. The Morgan fingerprint density at radius 1 is 1.40 bits per heavy atom. The van der Waals surface area contributed by atoms with E-state index < -0.39 is 17.6 Å². The molecule has 0 unspecified atom stereocenters. The first kappa shape index (κ1) is 16.1. The highest BCUT2D eigenvalue weighted by atomic mass is 19.4. The van der Waals surface area contributed by atoms with Gasteiger partial charge in [-0.05, 0) is 24.1 Å². The molecule has 0 fully saturated rings. The maximum atomic E-state index is 13.0. The Balaban J connectivity index is 3.28. The first-order valence-corrected chi connectivity index (χ1v) is 6.07. The molecule has 1 rings (SSSR count). The molecule has 4 nitrogen and oxygen atoms in total. The predicted octanol–water partition coefficient (Wildman–Crippen LogP) is 2.89. The summed E-state index contributed by atoms with van der Waals surface area (Å²) in [6.07, 6.45) is -4.57. The zero-order chi connectivity index (χ0) is 15.5. The lowest BCUT2D eigenvalue weighted by molar-refractivity contribution is -0.137. The van der Waals surface area contributed by atoms with Crippen LogP contribution in [0.15, 0.2) is 23.4 Å². The van der Waals surface area contributed by atoms with Gasteiger partial charge in [-0.3, -0.25) is 0 Å². The van der Waals surface area contributed by atoms with Gasteiger partial charge in [0.1, 0.15) is 0 Å². The standard InChI is InChI=1S/C13H18F3N3O/c1-8(2)7-19(3)9-4-5-10(12(17)18-20)11(6-9)13(14,15)16/h4-6,8,20H,7H2,1-3H3,(H2,17,18). The minimum Gasteiger partial charge on any atom is -0.409 e. The van der Waals surface area contributed by atoms with Crippen molar-refractivity contribution < 1.29 is 18.4 Å². The van der Waals surface area contributed by atoms with Gasteiger partial charge in [-0.15, -0.1) is 0 Å². The van der Waals surface area contributed by atoms with Gasteiger partial charge < -0.3 is 15.8 Å². The van der Waals surface area contributed by atoms with E-state index in [4.69, 9.17) is 10.9 Å². The van der Waals surface area contributed by atoms with Gasteiger partial charge in [-0.1, -0.05) is 19.0 Å². The maximum Gasteiger partial charge on any atom is 0.417 e. The molecule has 0 aliphatic rings. The fourth-order valence-electron chi connectivity index (χ4n) is 1.93. The lowest BCUT2D eigenvalue weighted by Gasteiger charge is -2.23. The lowest BCUT2D eigenvalue weighted by Crippen LogP contribution is -2.24. The summed E-state index contributed by atoms with van der Waals surface area (Å²) >= 11 is 0. The van der Waals surface area contributed by atoms with E-state index >= 15 is 0 Å². The number of nitrogens with two attached hydrogens (primary N) is 1. The molecule has 0 aromatic heterocycles. The quantitative estimate of drug-likeness (QED) is 0.388. The molecule has 0 amide bonds. The average molecular weight is 289 g/mol. The molecule has 20 heavy (non-hydrogen) atoms. The zero-order valence-corrected chi connectivity index (χ0v) is 11.6. The molecule has 0 atom stereocenters. The number of benzene rings is 1. The number of oxime groups is 1. The van der Waals surface area contributed by atoms with Crippen LogP contribution in [0.25, 0.3) is 0 Å². The van der Waals surface area contributed by atoms with E-state index in [9.17, 15) is 13.2 Å². The van der Waals surface area contributed by atoms with E-state index in [1.54, 1.807) is 11.9 Å². The van der Waals surface area contributed by atoms with Crippen molar-refractivity contribution in [3.63, 3.8) is 0 Å². The van der Waals surface area contributed by atoms with Crippen molar-refractivity contribution in [3.8, 4) is 0 Å². The van der Waals surface area contributed by atoms with Crippen molar-refractivity contribution in [1.82, 2.24) is 0 Å². The number of rotatable bonds is 4. The number of halogens is 3. The first-order valence-electron chi connectivity index (χ1n) is 6.07. The van der Waals surface area contributed by atoms with E-state index in [1.165, 1.54) is 12.1 Å². The highest BCUT2D eigenvalue weighted by Crippen LogP contribution is 2.34. The smallest absolute Gasteiger partial charge is 0.409 e. The Bertz CT molecular complexity index is 498. The third kappa shape index (κ3) is 3.79. The second-order valence-corrected chi connectivity index (χ2v) is 4.99. The summed E-state index contributed by atoms with van der Waals surface area (Å²) in [5.74, 6) is -0.242. The molecule has 112 valence electrons. The van der Waals surface area contributed by atoms with Crippen LogP contribution >= 0.6 is 0 Å². The summed E-state index contributed by atoms with van der Waals surface area (Å²) in [6, 6.07) is 3.74. The van der Waals surface area contributed by atoms with E-state index in [0.29, 0.717) is 18.2 Å². The monoisotopic (exact) mass is 289 g/mol. The van der Waals surface area contributed by atoms with E-state index in [0.717, 1.165) is 6.07 Å². The number of alkyl halides is 3. The minimum atomic E-state index is -4.57. The summed E-state index contributed by atoms with van der Waals surface area (Å²) in [5, 5.41) is 11.2. The zero-order valence-electron chi connectivity index (χ0n) is 11.6. The van der Waals surface area contributed by atoms with Gasteiger partial charge in [-0.25, -0.2) is 0 Å². The maximum absolute atomic E-state index is 13.0. The Morgan fingerprint density at radius 3 is 2.45 bits per heavy atom. The molecule has 0 saturated carbocycles. The first-order chi connectivity index (χ1) is 9.16. The molecular weight excluding hydrogens is 271 g/mol. The number of hydrogen-bond donors (Lipinski definition) is 2. The predicted molar refractivity (Wildman–Crippen MR) is 72.1 cm³/mol. The van der Waals surface area contributed by atoms with Crippen molar-refractivity contribution in [2.75, 3.05) is 18.5 Å². The molecule has 0 radical (unpaired) electrons. The van der Waals surface area contributed by atoms with Gasteiger partial charge in [0.15, 0.2) is 5.84 Å². The molecular formula is C13H18F3N3O. The molecule has 3 N–H and O–H groups in total. The van der Waals surface area contributed by atoms with Crippen LogP contribution in [0.1, 0.15) is 25.0 Å². The molecule has 0 saturated heterocycles. The average Bonchev–Trinajstić information content (AvgIpc) is 2.35. The van der Waals surface area contributed by atoms with E-state index in [1.807, 2.05) is 13.8 Å². The van der Waals surface area contributed by atoms with Crippen molar-refractivity contribution in [2.45, 2.75) is 20.0 Å². The summed E-state index contributed by atoms with van der Waals surface area (Å²) in [6.45, 7) is 4.58. The molecule has 0 bridgehead atoms. The summed E-state index contributed by atoms with van der Waals surface area (Å²) in [4.78, 5) is 1.73. The topological polar surface area (TPSA) is 61.8 Å². The van der Waals surface area contributed by atoms with E-state index in [2.05, 4.69) is 5.16 Å². The summed E-state index contributed by atoms with van der Waals surface area (Å²) < 4.78 is 39.1. The molecule has 0 heterocycles. The van der Waals surface area contributed by atoms with Crippen LogP contribution in [0.3, 0.4) is 0 Å². The number of anilines is 1. The van der Waals surface area contributed by atoms with Gasteiger partial charge in [0.25, 0.3) is 0 Å². The lowest BCUT2D eigenvalue weighted by atomic mass is 10.0. The number of amidine groups is 1. The van der Waals surface area contributed by atoms with Gasteiger partial charge in [0, 0.05) is 24.8 Å². The van der Waals surface area contributed by atoms with Gasteiger partial charge in [0.05, 0.1) is 5.56 Å². The molecule has 0 aliphatic carbocycles. The fourth-order valence-corrected chi connectivity index (χ4v) is 1.93. The highest BCUT2D eigenvalue weighted by Gasteiger charge is 2.35. The van der Waals surface area contributed by atoms with E-state index in [-0.39, 0.29) is 5.56 Å². The van der Waals surface area contributed by atoms with Crippen LogP contribution in [0.5, 0.6) is 0 Å². The van der Waals surface area contributed by atoms with Crippen molar-refractivity contribution in [3.05, 3.63) is 29.3 Å². The Labute approximate surface area is 115 Å².